The van der Waals surface area contributed by atoms with Crippen LogP contribution in [0.1, 0.15) is 65.9 Å². The molecule has 49 heavy (non-hydrogen) atoms. The number of hydrogen-bond donors (Lipinski definition) is 2. The Bertz CT molecular complexity index is 2100. The summed E-state index contributed by atoms with van der Waals surface area (Å²) in [5.74, 6) is -0.0839. The Hall–Kier alpha value is -5.37. The van der Waals surface area contributed by atoms with E-state index in [2.05, 4.69) is 32.2 Å². The Labute approximate surface area is 286 Å². The number of rotatable bonds is 6. The SMILES string of the molecule is CCC1=C(C)C2=CC3=NC(=C(C)/C3=C\C=C(/O)c3ccccc3)C=C3NC(=C4CC(=O)C5=C(C)C(=CC1=N2)N=C45)[C@@H](CCC(=O)OC)[C@@H]3C. The molecule has 0 amide bonds. The summed E-state index contributed by atoms with van der Waals surface area (Å²) in [5.41, 5.74) is 13.8. The molecule has 2 atom stereocenters. The lowest BCUT2D eigenvalue weighted by atomic mass is 9.86. The number of ketones is 1. The van der Waals surface area contributed by atoms with Crippen molar-refractivity contribution in [3.63, 3.8) is 0 Å². The molecule has 1 saturated carbocycles. The summed E-state index contributed by atoms with van der Waals surface area (Å²) in [5, 5.41) is 14.6. The van der Waals surface area contributed by atoms with Gasteiger partial charge in [0.25, 0.3) is 0 Å². The van der Waals surface area contributed by atoms with E-state index in [0.29, 0.717) is 12.0 Å². The summed E-state index contributed by atoms with van der Waals surface area (Å²) in [6.45, 7) is 10.4. The minimum Gasteiger partial charge on any atom is -0.507 e. The number of aliphatic hydroxyl groups excluding tert-OH is 1. The van der Waals surface area contributed by atoms with E-state index < -0.39 is 0 Å². The minimum absolute atomic E-state index is 0.00953. The first-order valence-corrected chi connectivity index (χ1v) is 16.9. The predicted molar refractivity (Wildman–Crippen MR) is 194 cm³/mol. The molecule has 0 radical (unpaired) electrons. The van der Waals surface area contributed by atoms with E-state index in [1.807, 2.05) is 62.4 Å². The smallest absolute Gasteiger partial charge is 0.305 e. The van der Waals surface area contributed by atoms with Crippen molar-refractivity contribution in [3.05, 3.63) is 134 Å². The van der Waals surface area contributed by atoms with Crippen LogP contribution < -0.4 is 5.32 Å². The summed E-state index contributed by atoms with van der Waals surface area (Å²) in [6.07, 6.45) is 11.6. The van der Waals surface area contributed by atoms with E-state index >= 15 is 0 Å². The largest absolute Gasteiger partial charge is 0.507 e. The van der Waals surface area contributed by atoms with E-state index in [0.717, 1.165) is 91.0 Å². The molecule has 7 rings (SSSR count). The fraction of sp³-hybridized carbons (Fsp3) is 0.293. The van der Waals surface area contributed by atoms with Crippen LogP contribution in [0.4, 0.5) is 0 Å². The number of aliphatic imine (C=N–C) groups is 3. The molecule has 0 aromatic heterocycles. The number of nitrogens with one attached hydrogen (secondary N) is 1. The first-order chi connectivity index (χ1) is 23.6. The number of hydrogen-bond acceptors (Lipinski definition) is 8. The predicted octanol–water partition coefficient (Wildman–Crippen LogP) is 7.89. The fourth-order valence-electron chi connectivity index (χ4n) is 7.56. The lowest BCUT2D eigenvalue weighted by Gasteiger charge is -2.17. The van der Waals surface area contributed by atoms with Crippen LogP contribution in [0.15, 0.2) is 143 Å². The van der Waals surface area contributed by atoms with Gasteiger partial charge in [0.1, 0.15) is 5.76 Å². The summed E-state index contributed by atoms with van der Waals surface area (Å²) in [6, 6.07) is 9.45. The number of aliphatic hydroxyl groups is 1. The maximum Gasteiger partial charge on any atom is 0.305 e. The number of esters is 1. The van der Waals surface area contributed by atoms with Gasteiger partial charge in [0.05, 0.1) is 41.3 Å². The van der Waals surface area contributed by atoms with Crippen molar-refractivity contribution >= 4 is 34.6 Å². The van der Waals surface area contributed by atoms with Gasteiger partial charge in [-0.15, -0.1) is 0 Å². The van der Waals surface area contributed by atoms with E-state index in [1.165, 1.54) is 7.11 Å². The normalized spacial score (nSPS) is 24.0. The molecule has 6 aliphatic rings. The highest BCUT2D eigenvalue weighted by Crippen LogP contribution is 2.45. The number of carbonyl (C=O) groups excluding carboxylic acids is 2. The molecule has 248 valence electrons. The number of Topliss-reactive ketones (excluding diaryl/α,β-unsaturated/α-hetero) is 1. The molecular weight excluding hydrogens is 612 g/mol. The van der Waals surface area contributed by atoms with Gasteiger partial charge in [-0.25, -0.2) is 15.0 Å². The Morgan fingerprint density at radius 2 is 1.73 bits per heavy atom. The molecular formula is C41H40N4O4. The number of methoxy groups -OCH3 is 1. The van der Waals surface area contributed by atoms with Gasteiger partial charge in [0, 0.05) is 58.4 Å². The number of carbonyl (C=O) groups is 2. The summed E-state index contributed by atoms with van der Waals surface area (Å²) < 4.78 is 5.00. The zero-order chi connectivity index (χ0) is 34.6. The topological polar surface area (TPSA) is 113 Å². The maximum atomic E-state index is 13.6. The van der Waals surface area contributed by atoms with Crippen LogP contribution in [0.3, 0.4) is 0 Å². The Morgan fingerprint density at radius 1 is 1.00 bits per heavy atom. The van der Waals surface area contributed by atoms with Crippen LogP contribution in [0.5, 0.6) is 0 Å². The second-order valence-corrected chi connectivity index (χ2v) is 13.2. The van der Waals surface area contributed by atoms with Gasteiger partial charge in [0.2, 0.25) is 0 Å². The second-order valence-electron chi connectivity index (χ2n) is 13.2. The average molecular weight is 653 g/mol. The lowest BCUT2D eigenvalue weighted by molar-refractivity contribution is -0.140. The van der Waals surface area contributed by atoms with Gasteiger partial charge in [-0.2, -0.15) is 0 Å². The van der Waals surface area contributed by atoms with E-state index in [9.17, 15) is 14.7 Å². The van der Waals surface area contributed by atoms with Crippen molar-refractivity contribution in [3.8, 4) is 0 Å². The highest BCUT2D eigenvalue weighted by atomic mass is 16.5. The number of ether oxygens (including phenoxy) is 1. The molecule has 5 aliphatic heterocycles. The average Bonchev–Trinajstić information content (AvgIpc) is 3.85. The van der Waals surface area contributed by atoms with E-state index in [1.54, 1.807) is 6.08 Å². The first-order valence-electron chi connectivity index (χ1n) is 16.9. The van der Waals surface area contributed by atoms with Crippen LogP contribution in [-0.2, 0) is 14.3 Å². The third-order valence-electron chi connectivity index (χ3n) is 10.4. The zero-order valence-corrected chi connectivity index (χ0v) is 28.8. The molecule has 2 fully saturated rings. The van der Waals surface area contributed by atoms with Crippen LogP contribution in [0.2, 0.25) is 0 Å². The molecule has 1 aromatic rings. The Balaban J connectivity index is 1.44. The Morgan fingerprint density at radius 3 is 2.47 bits per heavy atom. The number of fused-ring (bicyclic) bond motifs is 5. The molecule has 2 N–H and O–H groups in total. The van der Waals surface area contributed by atoms with Gasteiger partial charge in [0.15, 0.2) is 5.78 Å². The van der Waals surface area contributed by atoms with E-state index in [4.69, 9.17) is 19.7 Å². The standard InChI is InChI=1S/C41H40N4O4/c1-7-26-21(2)31-19-35-27(13-15-36(46)25-11-9-8-10-12-25)22(3)30(43-35)18-32-23(4)28(14-16-38(48)49-6)40(44-32)29-17-37(47)39-24(5)33(45-41(29)39)20-34(26)42-31/h8-13,15,18-20,23,28,44,46H,7,14,16-17H2,1-6H3/b27-13+,31-19?,32-18?,33-20?,36-15-,40-29?/t23-,28-/m0/s1. The van der Waals surface area contributed by atoms with Gasteiger partial charge in [-0.3, -0.25) is 9.59 Å². The fourth-order valence-corrected chi connectivity index (χ4v) is 7.56. The van der Waals surface area contributed by atoms with Crippen LogP contribution >= 0.6 is 0 Å². The second kappa shape index (κ2) is 12.6. The van der Waals surface area contributed by atoms with Crippen molar-refractivity contribution < 1.29 is 19.4 Å². The highest BCUT2D eigenvalue weighted by Gasteiger charge is 2.43. The van der Waals surface area contributed by atoms with Crippen molar-refractivity contribution in [2.24, 2.45) is 26.8 Å². The van der Waals surface area contributed by atoms with Crippen molar-refractivity contribution in [1.29, 1.82) is 0 Å². The molecule has 0 unspecified atom stereocenters. The first kappa shape index (κ1) is 32.2. The van der Waals surface area contributed by atoms with Crippen LogP contribution in [0, 0.1) is 11.8 Å². The molecule has 5 heterocycles. The quantitative estimate of drug-likeness (QED) is 0.240. The molecule has 8 nitrogen and oxygen atoms in total. The van der Waals surface area contributed by atoms with Crippen LogP contribution in [-0.4, -0.2) is 41.1 Å². The molecule has 1 aliphatic carbocycles. The minimum atomic E-state index is -0.265. The zero-order valence-electron chi connectivity index (χ0n) is 28.8. The van der Waals surface area contributed by atoms with E-state index in [-0.39, 0.29) is 42.2 Å². The molecule has 8 heteroatoms. The van der Waals surface area contributed by atoms with Gasteiger partial charge in [-0.05, 0) is 86.3 Å². The van der Waals surface area contributed by atoms with Crippen LogP contribution in [0.25, 0.3) is 5.76 Å². The third kappa shape index (κ3) is 5.55. The Kier molecular flexibility index (Phi) is 8.27. The summed E-state index contributed by atoms with van der Waals surface area (Å²) in [4.78, 5) is 41.2. The molecule has 1 aromatic carbocycles. The van der Waals surface area contributed by atoms with Crippen molar-refractivity contribution in [2.75, 3.05) is 7.11 Å². The number of allylic oxidation sites excluding steroid dienone is 14. The lowest BCUT2D eigenvalue weighted by Crippen LogP contribution is -2.15. The highest BCUT2D eigenvalue weighted by molar-refractivity contribution is 6.38. The number of benzene rings is 1. The van der Waals surface area contributed by atoms with Gasteiger partial charge in [-0.1, -0.05) is 44.2 Å². The summed E-state index contributed by atoms with van der Waals surface area (Å²) in [7, 11) is 1.41. The molecule has 0 spiro atoms. The molecule has 8 bridgehead atoms. The van der Waals surface area contributed by atoms with Crippen molar-refractivity contribution in [2.45, 2.75) is 60.3 Å². The summed E-state index contributed by atoms with van der Waals surface area (Å²) >= 11 is 0. The third-order valence-corrected chi connectivity index (χ3v) is 10.4. The number of nitrogens with zero attached hydrogens (tertiary/aromatic N) is 3. The van der Waals surface area contributed by atoms with Gasteiger partial charge >= 0.3 is 5.97 Å². The monoisotopic (exact) mass is 652 g/mol. The van der Waals surface area contributed by atoms with Crippen molar-refractivity contribution in [1.82, 2.24) is 5.32 Å². The molecule has 1 saturated heterocycles. The van der Waals surface area contributed by atoms with Gasteiger partial charge < -0.3 is 15.2 Å². The maximum absolute atomic E-state index is 13.6.